The van der Waals surface area contributed by atoms with Crippen LogP contribution in [0, 0.1) is 5.41 Å². The molecule has 7 nitrogen and oxygen atoms in total. The Morgan fingerprint density at radius 3 is 2.62 bits per heavy atom. The van der Waals surface area contributed by atoms with E-state index in [0.717, 1.165) is 11.1 Å². The van der Waals surface area contributed by atoms with Crippen LogP contribution in [-0.4, -0.2) is 51.3 Å². The average molecular weight is 470 g/mol. The Bertz CT molecular complexity index is 1170. The number of Topliss-reactive ketones (excluding diaryl/α,β-unsaturated/α-hetero) is 1. The first-order valence-corrected chi connectivity index (χ1v) is 11.8. The monoisotopic (exact) mass is 469 g/mol. The van der Waals surface area contributed by atoms with Crippen LogP contribution in [0.1, 0.15) is 63.4 Å². The Hall–Kier alpha value is -2.84. The molecule has 0 spiro atoms. The van der Waals surface area contributed by atoms with Crippen molar-refractivity contribution >= 4 is 16.8 Å². The van der Waals surface area contributed by atoms with Gasteiger partial charge in [-0.15, -0.1) is 0 Å². The van der Waals surface area contributed by atoms with Crippen LogP contribution in [0.5, 0.6) is 5.75 Å². The molecule has 0 bridgehead atoms. The van der Waals surface area contributed by atoms with E-state index >= 15 is 0 Å². The number of pyridine rings is 1. The van der Waals surface area contributed by atoms with Gasteiger partial charge in [-0.2, -0.15) is 5.10 Å². The van der Waals surface area contributed by atoms with Crippen molar-refractivity contribution in [1.29, 1.82) is 0 Å². The number of halogens is 1. The molecule has 2 aromatic heterocycles. The number of nitrogens with zero attached hydrogens (tertiary/aromatic N) is 3. The molecule has 0 saturated carbocycles. The molecular formula is C26H32FN3O4. The normalized spacial score (nSPS) is 17.6. The summed E-state index contributed by atoms with van der Waals surface area (Å²) in [5, 5.41) is 15.2. The third-order valence-electron chi connectivity index (χ3n) is 6.65. The third-order valence-corrected chi connectivity index (χ3v) is 6.65. The quantitative estimate of drug-likeness (QED) is 0.461. The largest absolute Gasteiger partial charge is 0.461 e. The Morgan fingerprint density at radius 1 is 1.24 bits per heavy atom. The maximum absolute atomic E-state index is 13.3. The number of hydrogen-bond acceptors (Lipinski definition) is 6. The molecule has 34 heavy (non-hydrogen) atoms. The first-order chi connectivity index (χ1) is 16.2. The summed E-state index contributed by atoms with van der Waals surface area (Å²) in [6.07, 6.45) is 1.09. The highest BCUT2D eigenvalue weighted by molar-refractivity contribution is 6.00. The molecule has 0 radical (unpaired) electrons. The van der Waals surface area contributed by atoms with Crippen molar-refractivity contribution in [3.8, 4) is 17.0 Å². The molecule has 0 amide bonds. The van der Waals surface area contributed by atoms with E-state index in [1.807, 2.05) is 30.7 Å². The number of benzene rings is 1. The number of aliphatic hydroxyl groups is 1. The minimum atomic E-state index is -1.42. The Kier molecular flexibility index (Phi) is 7.00. The highest BCUT2D eigenvalue weighted by Crippen LogP contribution is 2.39. The first-order valence-electron chi connectivity index (χ1n) is 11.8. The van der Waals surface area contributed by atoms with Crippen LogP contribution in [0.2, 0.25) is 0 Å². The van der Waals surface area contributed by atoms with E-state index in [1.54, 1.807) is 31.3 Å². The molecule has 1 aromatic carbocycles. The Balaban J connectivity index is 1.71. The number of alkyl halides is 1. The summed E-state index contributed by atoms with van der Waals surface area (Å²) in [5.74, 6) is 0.356. The molecule has 2 atom stereocenters. The molecular weight excluding hydrogens is 437 g/mol. The molecule has 4 rings (SSSR count). The summed E-state index contributed by atoms with van der Waals surface area (Å²) in [5.41, 5.74) is 2.82. The van der Waals surface area contributed by atoms with E-state index < -0.39 is 17.9 Å². The number of carbonyl (C=O) groups excluding carboxylic acids is 1. The van der Waals surface area contributed by atoms with E-state index in [2.05, 4.69) is 4.98 Å². The zero-order chi connectivity index (χ0) is 24.5. The number of ether oxygens (including phenoxy) is 2. The molecule has 182 valence electrons. The van der Waals surface area contributed by atoms with Crippen molar-refractivity contribution in [1.82, 2.24) is 14.8 Å². The highest BCUT2D eigenvalue weighted by atomic mass is 19.1. The SMILES string of the molecule is CC(F)Oc1cccc(-c2nn(C(C)C)c3cc(C(=O)CC4([C@@H](C)O)CCOCC4)cnc23)c1. The fraction of sp³-hybridized carbons (Fsp3) is 0.500. The Morgan fingerprint density at radius 2 is 1.97 bits per heavy atom. The lowest BCUT2D eigenvalue weighted by Gasteiger charge is -2.39. The second-order valence-electron chi connectivity index (χ2n) is 9.42. The van der Waals surface area contributed by atoms with Gasteiger partial charge in [0.1, 0.15) is 17.0 Å². The smallest absolute Gasteiger partial charge is 0.235 e. The summed E-state index contributed by atoms with van der Waals surface area (Å²) in [6, 6.07) is 8.96. The van der Waals surface area contributed by atoms with Crippen molar-refractivity contribution in [3.05, 3.63) is 42.1 Å². The van der Waals surface area contributed by atoms with E-state index in [1.165, 1.54) is 6.92 Å². The molecule has 1 N–H and O–H groups in total. The van der Waals surface area contributed by atoms with E-state index in [-0.39, 0.29) is 18.2 Å². The van der Waals surface area contributed by atoms with Gasteiger partial charge in [-0.1, -0.05) is 12.1 Å². The van der Waals surface area contributed by atoms with Crippen LogP contribution in [0.25, 0.3) is 22.3 Å². The second kappa shape index (κ2) is 9.80. The molecule has 1 unspecified atom stereocenters. The van der Waals surface area contributed by atoms with Gasteiger partial charge in [-0.25, -0.2) is 4.39 Å². The standard InChI is InChI=1S/C26H32FN3O4/c1-16(2)30-22-13-20(23(32)14-26(17(3)31)8-10-33-11-9-26)15-28-25(22)24(29-30)19-6-5-7-21(12-19)34-18(4)27/h5-7,12-13,15-18,31H,8-11,14H2,1-4H3/t17-,18?/m1/s1. The predicted octanol–water partition coefficient (Wildman–Crippen LogP) is 5.12. The maximum atomic E-state index is 13.3. The van der Waals surface area contributed by atoms with Crippen molar-refractivity contribution in [2.45, 2.75) is 65.5 Å². The maximum Gasteiger partial charge on any atom is 0.235 e. The molecule has 3 heterocycles. The van der Waals surface area contributed by atoms with Gasteiger partial charge in [0.2, 0.25) is 6.36 Å². The van der Waals surface area contributed by atoms with E-state index in [4.69, 9.17) is 14.6 Å². The number of aromatic nitrogens is 3. The lowest BCUT2D eigenvalue weighted by molar-refractivity contribution is -0.0542. The van der Waals surface area contributed by atoms with Crippen molar-refractivity contribution in [2.24, 2.45) is 5.41 Å². The van der Waals surface area contributed by atoms with Gasteiger partial charge in [-0.05, 0) is 51.8 Å². The lowest BCUT2D eigenvalue weighted by atomic mass is 9.71. The van der Waals surface area contributed by atoms with Crippen molar-refractivity contribution < 1.29 is 23.8 Å². The molecule has 1 aliphatic heterocycles. The second-order valence-corrected chi connectivity index (χ2v) is 9.42. The van der Waals surface area contributed by atoms with Crippen LogP contribution in [0.4, 0.5) is 4.39 Å². The summed E-state index contributed by atoms with van der Waals surface area (Å²) < 4.78 is 25.8. The van der Waals surface area contributed by atoms with Gasteiger partial charge in [0.05, 0.1) is 11.6 Å². The van der Waals surface area contributed by atoms with E-state index in [0.29, 0.717) is 48.6 Å². The number of fused-ring (bicyclic) bond motifs is 1. The number of ketones is 1. The van der Waals surface area contributed by atoms with Gasteiger partial charge in [0, 0.05) is 55.3 Å². The minimum absolute atomic E-state index is 0.0352. The summed E-state index contributed by atoms with van der Waals surface area (Å²) in [6.45, 7) is 8.20. The van der Waals surface area contributed by atoms with E-state index in [9.17, 15) is 14.3 Å². The summed E-state index contributed by atoms with van der Waals surface area (Å²) in [4.78, 5) is 17.9. The minimum Gasteiger partial charge on any atom is -0.461 e. The highest BCUT2D eigenvalue weighted by Gasteiger charge is 2.39. The van der Waals surface area contributed by atoms with Crippen molar-refractivity contribution in [3.63, 3.8) is 0 Å². The van der Waals surface area contributed by atoms with Crippen LogP contribution in [0.15, 0.2) is 36.5 Å². The number of carbonyl (C=O) groups is 1. The van der Waals surface area contributed by atoms with Crippen molar-refractivity contribution in [2.75, 3.05) is 13.2 Å². The van der Waals surface area contributed by atoms with Gasteiger partial charge < -0.3 is 14.6 Å². The predicted molar refractivity (Wildman–Crippen MR) is 128 cm³/mol. The first kappa shape index (κ1) is 24.3. The van der Waals surface area contributed by atoms with Crippen LogP contribution >= 0.6 is 0 Å². The number of hydrogen-bond donors (Lipinski definition) is 1. The van der Waals surface area contributed by atoms with Gasteiger partial charge in [-0.3, -0.25) is 14.5 Å². The zero-order valence-corrected chi connectivity index (χ0v) is 20.1. The fourth-order valence-electron chi connectivity index (χ4n) is 4.61. The van der Waals surface area contributed by atoms with Gasteiger partial charge in [0.15, 0.2) is 5.78 Å². The Labute approximate surface area is 198 Å². The average Bonchev–Trinajstić information content (AvgIpc) is 3.18. The van der Waals surface area contributed by atoms with Crippen LogP contribution in [0.3, 0.4) is 0 Å². The topological polar surface area (TPSA) is 86.5 Å². The molecule has 1 aliphatic rings. The third kappa shape index (κ3) is 4.83. The summed E-state index contributed by atoms with van der Waals surface area (Å²) >= 11 is 0. The van der Waals surface area contributed by atoms with Crippen LogP contribution in [-0.2, 0) is 4.74 Å². The summed E-state index contributed by atoms with van der Waals surface area (Å²) in [7, 11) is 0. The molecule has 1 fully saturated rings. The molecule has 1 saturated heterocycles. The zero-order valence-electron chi connectivity index (χ0n) is 20.1. The fourth-order valence-corrected chi connectivity index (χ4v) is 4.61. The molecule has 3 aromatic rings. The number of aliphatic hydroxyl groups excluding tert-OH is 1. The molecule has 0 aliphatic carbocycles. The lowest BCUT2D eigenvalue weighted by Crippen LogP contribution is -2.40. The number of rotatable bonds is 8. The van der Waals surface area contributed by atoms with Gasteiger partial charge in [0.25, 0.3) is 0 Å². The van der Waals surface area contributed by atoms with Gasteiger partial charge >= 0.3 is 0 Å². The van der Waals surface area contributed by atoms with Crippen LogP contribution < -0.4 is 4.74 Å². The molecule has 8 heteroatoms.